The van der Waals surface area contributed by atoms with Gasteiger partial charge in [0.2, 0.25) is 21.9 Å². The summed E-state index contributed by atoms with van der Waals surface area (Å²) >= 11 is 1.13. The van der Waals surface area contributed by atoms with Crippen LogP contribution in [0.2, 0.25) is 0 Å². The van der Waals surface area contributed by atoms with Crippen LogP contribution in [0, 0.1) is 0 Å². The Morgan fingerprint density at radius 3 is 2.78 bits per heavy atom. The Balaban J connectivity index is 1.54. The summed E-state index contributed by atoms with van der Waals surface area (Å²) in [5.74, 6) is 0.0234. The molecule has 0 fully saturated rings. The van der Waals surface area contributed by atoms with Gasteiger partial charge in [-0.05, 0) is 23.6 Å². The number of para-hydroxylation sites is 2. The molecule has 0 atom stereocenters. The number of H-pyrrole nitrogens is 1. The number of thiophene rings is 1. The predicted octanol–water partition coefficient (Wildman–Crippen LogP) is 1.93. The highest BCUT2D eigenvalue weighted by atomic mass is 32.2. The van der Waals surface area contributed by atoms with Gasteiger partial charge < -0.3 is 4.98 Å². The first-order valence-electron chi connectivity index (χ1n) is 6.82. The van der Waals surface area contributed by atoms with E-state index < -0.39 is 10.0 Å². The van der Waals surface area contributed by atoms with E-state index in [1.54, 1.807) is 11.4 Å². The summed E-state index contributed by atoms with van der Waals surface area (Å²) in [6.45, 7) is 0.0201. The third-order valence-corrected chi connectivity index (χ3v) is 5.91. The molecular formula is C14H14N4O3S2. The van der Waals surface area contributed by atoms with E-state index in [2.05, 4.69) is 20.0 Å². The fourth-order valence-electron chi connectivity index (χ4n) is 1.99. The summed E-state index contributed by atoms with van der Waals surface area (Å²) in [4.78, 5) is 19.1. The third kappa shape index (κ3) is 3.76. The van der Waals surface area contributed by atoms with Crippen molar-refractivity contribution in [1.29, 1.82) is 0 Å². The molecule has 0 saturated heterocycles. The number of imidazole rings is 1. The molecule has 3 N–H and O–H groups in total. The number of fused-ring (bicyclic) bond motifs is 1. The number of carbonyl (C=O) groups excluding carboxylic acids is 1. The van der Waals surface area contributed by atoms with Crippen LogP contribution in [0.25, 0.3) is 11.0 Å². The Hall–Kier alpha value is -2.23. The lowest BCUT2D eigenvalue weighted by molar-refractivity contribution is -0.116. The average Bonchev–Trinajstić information content (AvgIpc) is 3.16. The number of aromatic nitrogens is 2. The predicted molar refractivity (Wildman–Crippen MR) is 88.8 cm³/mol. The first kappa shape index (κ1) is 15.7. The van der Waals surface area contributed by atoms with Crippen LogP contribution in [0.4, 0.5) is 5.95 Å². The van der Waals surface area contributed by atoms with Gasteiger partial charge in [-0.25, -0.2) is 18.1 Å². The highest BCUT2D eigenvalue weighted by molar-refractivity contribution is 7.91. The van der Waals surface area contributed by atoms with Gasteiger partial charge in [-0.1, -0.05) is 18.2 Å². The minimum atomic E-state index is -3.54. The second kappa shape index (κ2) is 6.49. The third-order valence-electron chi connectivity index (χ3n) is 3.05. The number of hydrogen-bond acceptors (Lipinski definition) is 5. The minimum Gasteiger partial charge on any atom is -0.324 e. The van der Waals surface area contributed by atoms with Crippen molar-refractivity contribution >= 4 is 44.2 Å². The van der Waals surface area contributed by atoms with Gasteiger partial charge in [0.1, 0.15) is 4.21 Å². The smallest absolute Gasteiger partial charge is 0.250 e. The van der Waals surface area contributed by atoms with Gasteiger partial charge in [0, 0.05) is 13.0 Å². The maximum atomic E-state index is 11.9. The molecule has 1 amide bonds. The molecule has 0 bridgehead atoms. The Bertz CT molecular complexity index is 884. The molecule has 0 aliphatic heterocycles. The first-order valence-corrected chi connectivity index (χ1v) is 9.19. The summed E-state index contributed by atoms with van der Waals surface area (Å²) in [7, 11) is -3.54. The molecule has 3 aromatic rings. The van der Waals surface area contributed by atoms with Gasteiger partial charge in [0.05, 0.1) is 11.0 Å². The number of amides is 1. The molecule has 2 heterocycles. The molecule has 23 heavy (non-hydrogen) atoms. The SMILES string of the molecule is O=C(CCNS(=O)(=O)c1cccs1)Nc1nc2ccccc2[nH]1. The highest BCUT2D eigenvalue weighted by Crippen LogP contribution is 2.15. The highest BCUT2D eigenvalue weighted by Gasteiger charge is 2.15. The lowest BCUT2D eigenvalue weighted by Crippen LogP contribution is -2.27. The van der Waals surface area contributed by atoms with E-state index in [9.17, 15) is 13.2 Å². The molecule has 0 unspecified atom stereocenters. The summed E-state index contributed by atoms with van der Waals surface area (Å²) < 4.78 is 26.4. The number of anilines is 1. The molecule has 7 nitrogen and oxygen atoms in total. The molecule has 120 valence electrons. The first-order chi connectivity index (χ1) is 11.0. The zero-order valence-corrected chi connectivity index (χ0v) is 13.6. The van der Waals surface area contributed by atoms with Gasteiger partial charge in [-0.3, -0.25) is 10.1 Å². The molecule has 0 aliphatic carbocycles. The van der Waals surface area contributed by atoms with Gasteiger partial charge in [0.25, 0.3) is 0 Å². The van der Waals surface area contributed by atoms with Crippen LogP contribution in [-0.4, -0.2) is 30.8 Å². The molecule has 0 aliphatic rings. The summed E-state index contributed by atoms with van der Waals surface area (Å²) in [6.07, 6.45) is 0.0155. The number of sulfonamides is 1. The van der Waals surface area contributed by atoms with E-state index in [1.165, 1.54) is 6.07 Å². The van der Waals surface area contributed by atoms with Gasteiger partial charge in [-0.15, -0.1) is 11.3 Å². The standard InChI is InChI=1S/C14H14N4O3S2/c19-12(7-8-15-23(20,21)13-6-3-9-22-13)18-14-16-10-4-1-2-5-11(10)17-14/h1-6,9,15H,7-8H2,(H2,16,17,18,19). The largest absolute Gasteiger partial charge is 0.324 e. The second-order valence-electron chi connectivity index (χ2n) is 4.73. The summed E-state index contributed by atoms with van der Waals surface area (Å²) in [6, 6.07) is 10.6. The van der Waals surface area contributed by atoms with E-state index in [0.29, 0.717) is 5.95 Å². The van der Waals surface area contributed by atoms with E-state index in [4.69, 9.17) is 0 Å². The van der Waals surface area contributed by atoms with E-state index >= 15 is 0 Å². The molecule has 2 aromatic heterocycles. The van der Waals surface area contributed by atoms with Crippen LogP contribution in [0.15, 0.2) is 46.0 Å². The van der Waals surface area contributed by atoms with Crippen molar-refractivity contribution in [3.05, 3.63) is 41.8 Å². The average molecular weight is 350 g/mol. The summed E-state index contributed by atoms with van der Waals surface area (Å²) in [5, 5.41) is 4.30. The van der Waals surface area contributed by atoms with Crippen LogP contribution in [0.5, 0.6) is 0 Å². The van der Waals surface area contributed by atoms with Crippen molar-refractivity contribution in [2.45, 2.75) is 10.6 Å². The topological polar surface area (TPSA) is 104 Å². The monoisotopic (exact) mass is 350 g/mol. The van der Waals surface area contributed by atoms with E-state index in [-0.39, 0.29) is 23.1 Å². The van der Waals surface area contributed by atoms with Gasteiger partial charge in [-0.2, -0.15) is 0 Å². The zero-order chi connectivity index (χ0) is 16.3. The van der Waals surface area contributed by atoms with Crippen LogP contribution < -0.4 is 10.0 Å². The second-order valence-corrected chi connectivity index (χ2v) is 7.67. The number of carbonyl (C=O) groups is 1. The molecule has 0 spiro atoms. The van der Waals surface area contributed by atoms with Gasteiger partial charge >= 0.3 is 0 Å². The fourth-order valence-corrected chi connectivity index (χ4v) is 4.06. The van der Waals surface area contributed by atoms with Crippen LogP contribution >= 0.6 is 11.3 Å². The van der Waals surface area contributed by atoms with E-state index in [0.717, 1.165) is 22.4 Å². The Morgan fingerprint density at radius 1 is 1.22 bits per heavy atom. The van der Waals surface area contributed by atoms with E-state index in [1.807, 2.05) is 24.3 Å². The van der Waals surface area contributed by atoms with Crippen molar-refractivity contribution in [3.63, 3.8) is 0 Å². The molecule has 0 saturated carbocycles. The lowest BCUT2D eigenvalue weighted by atomic mass is 10.3. The maximum Gasteiger partial charge on any atom is 0.250 e. The molecule has 3 rings (SSSR count). The number of benzene rings is 1. The number of rotatable bonds is 6. The quantitative estimate of drug-likeness (QED) is 0.632. The number of nitrogens with one attached hydrogen (secondary N) is 3. The van der Waals surface area contributed by atoms with Crippen LogP contribution in [0.3, 0.4) is 0 Å². The number of nitrogens with zero attached hydrogens (tertiary/aromatic N) is 1. The van der Waals surface area contributed by atoms with Crippen molar-refractivity contribution in [3.8, 4) is 0 Å². The zero-order valence-electron chi connectivity index (χ0n) is 11.9. The Morgan fingerprint density at radius 2 is 2.04 bits per heavy atom. The maximum absolute atomic E-state index is 11.9. The van der Waals surface area contributed by atoms with Crippen LogP contribution in [0.1, 0.15) is 6.42 Å². The van der Waals surface area contributed by atoms with Crippen molar-refractivity contribution < 1.29 is 13.2 Å². The Kier molecular flexibility index (Phi) is 4.42. The molecule has 0 radical (unpaired) electrons. The molecule has 1 aromatic carbocycles. The van der Waals surface area contributed by atoms with Crippen molar-refractivity contribution in [2.75, 3.05) is 11.9 Å². The Labute approximate surface area is 136 Å². The van der Waals surface area contributed by atoms with Crippen molar-refractivity contribution in [2.24, 2.45) is 0 Å². The van der Waals surface area contributed by atoms with Crippen LogP contribution in [-0.2, 0) is 14.8 Å². The van der Waals surface area contributed by atoms with Crippen molar-refractivity contribution in [1.82, 2.24) is 14.7 Å². The summed E-state index contributed by atoms with van der Waals surface area (Å²) in [5.41, 5.74) is 1.57. The molecular weight excluding hydrogens is 336 g/mol. The number of aromatic amines is 1. The molecule has 9 heteroatoms. The number of hydrogen-bond donors (Lipinski definition) is 3. The minimum absolute atomic E-state index is 0.0155. The lowest BCUT2D eigenvalue weighted by Gasteiger charge is -2.04. The fraction of sp³-hybridized carbons (Fsp3) is 0.143. The normalized spacial score (nSPS) is 11.7. The van der Waals surface area contributed by atoms with Gasteiger partial charge in [0.15, 0.2) is 0 Å².